The maximum atomic E-state index is 12.0. The van der Waals surface area contributed by atoms with Gasteiger partial charge in [0.25, 0.3) is 0 Å². The molecule has 1 atom stereocenters. The fourth-order valence-electron chi connectivity index (χ4n) is 1.42. The van der Waals surface area contributed by atoms with Crippen molar-refractivity contribution in [3.63, 3.8) is 0 Å². The number of hydrogen-bond acceptors (Lipinski definition) is 4. The van der Waals surface area contributed by atoms with Crippen LogP contribution in [0.5, 0.6) is 0 Å². The van der Waals surface area contributed by atoms with Gasteiger partial charge in [-0.05, 0) is 30.7 Å². The molecule has 0 saturated heterocycles. The lowest BCUT2D eigenvalue weighted by molar-refractivity contribution is 0.0787. The van der Waals surface area contributed by atoms with E-state index >= 15 is 0 Å². The highest BCUT2D eigenvalue weighted by atomic mass is 32.2. The molecule has 1 aromatic carbocycles. The second-order valence-electron chi connectivity index (χ2n) is 3.68. The van der Waals surface area contributed by atoms with E-state index < -0.39 is 10.8 Å². The van der Waals surface area contributed by atoms with Gasteiger partial charge >= 0.3 is 0 Å². The molecule has 1 aromatic rings. The normalized spacial score (nSPS) is 12.6. The third-order valence-corrected chi connectivity index (χ3v) is 3.78. The number of anilines is 1. The van der Waals surface area contributed by atoms with Crippen LogP contribution < -0.4 is 5.73 Å². The molecule has 0 saturated carbocycles. The number of aryl methyl sites for hydroxylation is 1. The molecule has 1 unspecified atom stereocenters. The Hall–Kier alpha value is -0.910. The van der Waals surface area contributed by atoms with Crippen LogP contribution in [0, 0.1) is 6.92 Å². The van der Waals surface area contributed by atoms with E-state index in [1.54, 1.807) is 13.2 Å². The molecule has 0 aromatic heterocycles. The lowest BCUT2D eigenvalue weighted by Gasteiger charge is -2.07. The van der Waals surface area contributed by atoms with Crippen LogP contribution in [0.15, 0.2) is 23.1 Å². The average Bonchev–Trinajstić information content (AvgIpc) is 2.28. The highest BCUT2D eigenvalue weighted by Gasteiger charge is 2.07. The minimum atomic E-state index is -1.03. The minimum Gasteiger partial charge on any atom is -0.399 e. The first-order valence-corrected chi connectivity index (χ1v) is 6.78. The van der Waals surface area contributed by atoms with E-state index in [-0.39, 0.29) is 0 Å². The molecule has 0 radical (unpaired) electrons. The van der Waals surface area contributed by atoms with E-state index in [4.69, 9.17) is 15.2 Å². The first kappa shape index (κ1) is 14.2. The zero-order valence-electron chi connectivity index (χ0n) is 10.3. The van der Waals surface area contributed by atoms with Gasteiger partial charge < -0.3 is 15.2 Å². The largest absolute Gasteiger partial charge is 0.399 e. The lowest BCUT2D eigenvalue weighted by atomic mass is 10.2. The lowest BCUT2D eigenvalue weighted by Crippen LogP contribution is -2.10. The van der Waals surface area contributed by atoms with Crippen molar-refractivity contribution in [2.45, 2.75) is 11.8 Å². The molecule has 4 nitrogen and oxygen atoms in total. The van der Waals surface area contributed by atoms with Gasteiger partial charge in [0.2, 0.25) is 0 Å². The molecule has 96 valence electrons. The quantitative estimate of drug-likeness (QED) is 0.591. The van der Waals surface area contributed by atoms with Gasteiger partial charge in [0.15, 0.2) is 0 Å². The Morgan fingerprint density at radius 1 is 1.29 bits per heavy atom. The summed E-state index contributed by atoms with van der Waals surface area (Å²) in [6, 6.07) is 5.42. The molecule has 0 spiro atoms. The van der Waals surface area contributed by atoms with E-state index in [9.17, 15) is 4.21 Å². The van der Waals surface area contributed by atoms with Crippen LogP contribution in [-0.2, 0) is 20.3 Å². The number of hydrogen-bond donors (Lipinski definition) is 1. The fourth-order valence-corrected chi connectivity index (χ4v) is 2.54. The fraction of sp³-hybridized carbons (Fsp3) is 0.500. The van der Waals surface area contributed by atoms with Crippen molar-refractivity contribution in [1.29, 1.82) is 0 Å². The topological polar surface area (TPSA) is 61.5 Å². The highest BCUT2D eigenvalue weighted by molar-refractivity contribution is 7.85. The van der Waals surface area contributed by atoms with Gasteiger partial charge in [-0.1, -0.05) is 0 Å². The van der Waals surface area contributed by atoms with Gasteiger partial charge in [0.05, 0.1) is 36.4 Å². The smallest absolute Gasteiger partial charge is 0.0700 e. The summed E-state index contributed by atoms with van der Waals surface area (Å²) in [4.78, 5) is 0.828. The molecular formula is C12H19NO3S. The number of methoxy groups -OCH3 is 1. The summed E-state index contributed by atoms with van der Waals surface area (Å²) in [5.41, 5.74) is 7.30. The van der Waals surface area contributed by atoms with E-state index in [0.717, 1.165) is 10.5 Å². The standard InChI is InChI=1S/C12H19NO3S/c1-10-9-11(13)3-4-12(10)17(14)8-7-16-6-5-15-2/h3-4,9H,5-8,13H2,1-2H3. The second kappa shape index (κ2) is 7.42. The molecule has 0 aliphatic rings. The van der Waals surface area contributed by atoms with Gasteiger partial charge in [-0.15, -0.1) is 0 Å². The van der Waals surface area contributed by atoms with Gasteiger partial charge in [-0.2, -0.15) is 0 Å². The summed E-state index contributed by atoms with van der Waals surface area (Å²) in [6.45, 7) is 3.48. The molecule has 0 aliphatic carbocycles. The third-order valence-electron chi connectivity index (χ3n) is 2.29. The van der Waals surface area contributed by atoms with Crippen LogP contribution >= 0.6 is 0 Å². The first-order chi connectivity index (χ1) is 8.15. The first-order valence-electron chi connectivity index (χ1n) is 5.46. The van der Waals surface area contributed by atoms with Crippen LogP contribution in [0.2, 0.25) is 0 Å². The Morgan fingerprint density at radius 3 is 2.71 bits per heavy atom. The number of rotatable bonds is 7. The summed E-state index contributed by atoms with van der Waals surface area (Å²) in [6.07, 6.45) is 0. The Balaban J connectivity index is 2.42. The van der Waals surface area contributed by atoms with Crippen LogP contribution in [-0.4, -0.2) is 36.9 Å². The van der Waals surface area contributed by atoms with Crippen LogP contribution in [0.25, 0.3) is 0 Å². The summed E-state index contributed by atoms with van der Waals surface area (Å²) in [5, 5.41) is 0. The van der Waals surface area contributed by atoms with Crippen LogP contribution in [0.3, 0.4) is 0 Å². The molecule has 1 rings (SSSR count). The number of ether oxygens (including phenoxy) is 2. The maximum Gasteiger partial charge on any atom is 0.0700 e. The van der Waals surface area contributed by atoms with Crippen molar-refractivity contribution >= 4 is 16.5 Å². The zero-order chi connectivity index (χ0) is 12.7. The van der Waals surface area contributed by atoms with Crippen molar-refractivity contribution in [2.24, 2.45) is 0 Å². The van der Waals surface area contributed by atoms with E-state index in [1.165, 1.54) is 0 Å². The molecule has 0 fully saturated rings. The van der Waals surface area contributed by atoms with Gasteiger partial charge in [0, 0.05) is 17.7 Å². The third kappa shape index (κ3) is 4.85. The number of nitrogen functional groups attached to an aromatic ring is 1. The maximum absolute atomic E-state index is 12.0. The summed E-state index contributed by atoms with van der Waals surface area (Å²) in [7, 11) is 0.594. The van der Waals surface area contributed by atoms with Crippen molar-refractivity contribution < 1.29 is 13.7 Å². The van der Waals surface area contributed by atoms with Gasteiger partial charge in [0.1, 0.15) is 0 Å². The molecule has 0 bridgehead atoms. The zero-order valence-corrected chi connectivity index (χ0v) is 11.1. The van der Waals surface area contributed by atoms with Gasteiger partial charge in [-0.25, -0.2) is 0 Å². The van der Waals surface area contributed by atoms with Crippen LogP contribution in [0.1, 0.15) is 5.56 Å². The van der Waals surface area contributed by atoms with Crippen LogP contribution in [0.4, 0.5) is 5.69 Å². The summed E-state index contributed by atoms with van der Waals surface area (Å²) in [5.74, 6) is 0.495. The average molecular weight is 257 g/mol. The molecule has 0 amide bonds. The molecule has 17 heavy (non-hydrogen) atoms. The Labute approximate surface area is 105 Å². The Morgan fingerprint density at radius 2 is 2.06 bits per heavy atom. The van der Waals surface area contributed by atoms with Gasteiger partial charge in [-0.3, -0.25) is 4.21 Å². The molecule has 2 N–H and O–H groups in total. The highest BCUT2D eigenvalue weighted by Crippen LogP contribution is 2.16. The monoisotopic (exact) mass is 257 g/mol. The second-order valence-corrected chi connectivity index (χ2v) is 5.22. The minimum absolute atomic E-state index is 0.472. The molecular weight excluding hydrogens is 238 g/mol. The van der Waals surface area contributed by atoms with E-state index in [0.29, 0.717) is 31.3 Å². The molecule has 5 heteroatoms. The van der Waals surface area contributed by atoms with Crippen molar-refractivity contribution in [3.8, 4) is 0 Å². The van der Waals surface area contributed by atoms with Crippen molar-refractivity contribution in [1.82, 2.24) is 0 Å². The van der Waals surface area contributed by atoms with E-state index in [1.807, 2.05) is 19.1 Å². The van der Waals surface area contributed by atoms with Crippen molar-refractivity contribution in [2.75, 3.05) is 38.4 Å². The SMILES string of the molecule is COCCOCCS(=O)c1ccc(N)cc1C. The molecule has 0 aliphatic heterocycles. The predicted octanol–water partition coefficient (Wildman–Crippen LogP) is 1.35. The number of nitrogens with two attached hydrogens (primary N) is 1. The Kier molecular flexibility index (Phi) is 6.18. The van der Waals surface area contributed by atoms with E-state index in [2.05, 4.69) is 0 Å². The summed E-state index contributed by atoms with van der Waals surface area (Å²) >= 11 is 0. The summed E-state index contributed by atoms with van der Waals surface area (Å²) < 4.78 is 22.1. The number of benzene rings is 1. The van der Waals surface area contributed by atoms with Crippen molar-refractivity contribution in [3.05, 3.63) is 23.8 Å². The predicted molar refractivity (Wildman–Crippen MR) is 69.6 cm³/mol. The molecule has 0 heterocycles. The Bertz CT molecular complexity index is 382.